The normalized spacial score (nSPS) is 10.8. The standard InChI is InChI=1S/C16H13ClN2O2/c1-9-18-14-7-10(3-5-12(14)16(20)19-9)13-8-11(17)4-6-15(13)21-2/h3-8H,1-2H3,(H,18,19,20). The second-order valence-corrected chi connectivity index (χ2v) is 5.16. The Morgan fingerprint density at radius 1 is 1.19 bits per heavy atom. The highest BCUT2D eigenvalue weighted by molar-refractivity contribution is 6.31. The van der Waals surface area contributed by atoms with Crippen LogP contribution in [0.4, 0.5) is 0 Å². The predicted molar refractivity (Wildman–Crippen MR) is 84.1 cm³/mol. The SMILES string of the molecule is COc1ccc(Cl)cc1-c1ccc2c(=O)[nH]c(C)nc2c1. The molecule has 0 radical (unpaired) electrons. The molecule has 0 spiro atoms. The van der Waals surface area contributed by atoms with Gasteiger partial charge < -0.3 is 9.72 Å². The fraction of sp³-hybridized carbons (Fsp3) is 0.125. The van der Waals surface area contributed by atoms with Crippen LogP contribution in [0.2, 0.25) is 5.02 Å². The van der Waals surface area contributed by atoms with Crippen molar-refractivity contribution in [2.75, 3.05) is 7.11 Å². The van der Waals surface area contributed by atoms with E-state index in [4.69, 9.17) is 16.3 Å². The lowest BCUT2D eigenvalue weighted by atomic mass is 10.0. The van der Waals surface area contributed by atoms with E-state index in [9.17, 15) is 4.79 Å². The van der Waals surface area contributed by atoms with E-state index in [1.54, 1.807) is 26.2 Å². The topological polar surface area (TPSA) is 55.0 Å². The zero-order valence-electron chi connectivity index (χ0n) is 11.6. The second-order valence-electron chi connectivity index (χ2n) is 4.73. The predicted octanol–water partition coefficient (Wildman–Crippen LogP) is 3.56. The van der Waals surface area contributed by atoms with Gasteiger partial charge in [0.1, 0.15) is 11.6 Å². The minimum absolute atomic E-state index is 0.137. The second kappa shape index (κ2) is 5.22. The molecule has 0 saturated heterocycles. The molecule has 3 aromatic rings. The molecule has 3 rings (SSSR count). The van der Waals surface area contributed by atoms with Crippen molar-refractivity contribution in [3.8, 4) is 16.9 Å². The number of rotatable bonds is 2. The molecule has 0 aliphatic heterocycles. The molecule has 0 aliphatic carbocycles. The molecule has 1 N–H and O–H groups in total. The molecule has 0 fully saturated rings. The summed E-state index contributed by atoms with van der Waals surface area (Å²) >= 11 is 6.07. The molecule has 0 saturated carbocycles. The Morgan fingerprint density at radius 3 is 2.76 bits per heavy atom. The van der Waals surface area contributed by atoms with E-state index in [-0.39, 0.29) is 5.56 Å². The van der Waals surface area contributed by atoms with Gasteiger partial charge in [-0.1, -0.05) is 17.7 Å². The fourth-order valence-electron chi connectivity index (χ4n) is 2.33. The summed E-state index contributed by atoms with van der Waals surface area (Å²) < 4.78 is 5.37. The van der Waals surface area contributed by atoms with Crippen molar-refractivity contribution >= 4 is 22.5 Å². The lowest BCUT2D eigenvalue weighted by molar-refractivity contribution is 0.416. The van der Waals surface area contributed by atoms with Crippen molar-refractivity contribution in [2.24, 2.45) is 0 Å². The number of ether oxygens (including phenoxy) is 1. The summed E-state index contributed by atoms with van der Waals surface area (Å²) in [4.78, 5) is 18.9. The molecule has 0 atom stereocenters. The molecule has 0 unspecified atom stereocenters. The molecular weight excluding hydrogens is 288 g/mol. The van der Waals surface area contributed by atoms with Crippen LogP contribution in [0, 0.1) is 6.92 Å². The van der Waals surface area contributed by atoms with Gasteiger partial charge in [0.2, 0.25) is 0 Å². The number of fused-ring (bicyclic) bond motifs is 1. The van der Waals surface area contributed by atoms with Crippen molar-refractivity contribution in [1.82, 2.24) is 9.97 Å². The quantitative estimate of drug-likeness (QED) is 0.787. The van der Waals surface area contributed by atoms with Gasteiger partial charge in [-0.2, -0.15) is 0 Å². The van der Waals surface area contributed by atoms with Crippen molar-refractivity contribution in [1.29, 1.82) is 0 Å². The van der Waals surface area contributed by atoms with Gasteiger partial charge in [0.05, 0.1) is 18.0 Å². The maximum atomic E-state index is 11.9. The van der Waals surface area contributed by atoms with E-state index in [2.05, 4.69) is 9.97 Å². The third kappa shape index (κ3) is 2.50. The van der Waals surface area contributed by atoms with Crippen molar-refractivity contribution < 1.29 is 4.74 Å². The Balaban J connectivity index is 2.26. The van der Waals surface area contributed by atoms with Gasteiger partial charge in [0.15, 0.2) is 0 Å². The smallest absolute Gasteiger partial charge is 0.258 e. The number of H-pyrrole nitrogens is 1. The minimum atomic E-state index is -0.137. The third-order valence-electron chi connectivity index (χ3n) is 3.30. The van der Waals surface area contributed by atoms with Crippen LogP contribution in [0.5, 0.6) is 5.75 Å². The number of aromatic nitrogens is 2. The lowest BCUT2D eigenvalue weighted by Crippen LogP contribution is -2.09. The number of nitrogens with one attached hydrogen (secondary N) is 1. The maximum absolute atomic E-state index is 11.9. The highest BCUT2D eigenvalue weighted by Gasteiger charge is 2.09. The van der Waals surface area contributed by atoms with E-state index < -0.39 is 0 Å². The Hall–Kier alpha value is -2.33. The summed E-state index contributed by atoms with van der Waals surface area (Å²) in [7, 11) is 1.61. The number of hydrogen-bond acceptors (Lipinski definition) is 3. The van der Waals surface area contributed by atoms with E-state index >= 15 is 0 Å². The number of aromatic amines is 1. The number of halogens is 1. The summed E-state index contributed by atoms with van der Waals surface area (Å²) in [5.74, 6) is 1.31. The van der Waals surface area contributed by atoms with Crippen LogP contribution in [0.3, 0.4) is 0 Å². The molecule has 4 nitrogen and oxygen atoms in total. The molecular formula is C16H13ClN2O2. The molecule has 1 aromatic heterocycles. The summed E-state index contributed by atoms with van der Waals surface area (Å²) in [6.45, 7) is 1.76. The van der Waals surface area contributed by atoms with Gasteiger partial charge in [0, 0.05) is 10.6 Å². The molecule has 5 heteroatoms. The Morgan fingerprint density at radius 2 is 2.00 bits per heavy atom. The number of aryl methyl sites for hydroxylation is 1. The van der Waals surface area contributed by atoms with Gasteiger partial charge in [-0.05, 0) is 42.8 Å². The van der Waals surface area contributed by atoms with E-state index in [1.165, 1.54) is 0 Å². The first-order valence-electron chi connectivity index (χ1n) is 6.43. The number of methoxy groups -OCH3 is 1. The maximum Gasteiger partial charge on any atom is 0.258 e. The van der Waals surface area contributed by atoms with Crippen LogP contribution in [0.15, 0.2) is 41.2 Å². The Labute approximate surface area is 126 Å². The van der Waals surface area contributed by atoms with Crippen LogP contribution in [0.25, 0.3) is 22.0 Å². The van der Waals surface area contributed by atoms with Crippen LogP contribution < -0.4 is 10.3 Å². The average Bonchev–Trinajstić information content (AvgIpc) is 2.46. The first-order chi connectivity index (χ1) is 10.1. The summed E-state index contributed by atoms with van der Waals surface area (Å²) in [5.41, 5.74) is 2.28. The number of hydrogen-bond donors (Lipinski definition) is 1. The zero-order chi connectivity index (χ0) is 15.0. The first-order valence-corrected chi connectivity index (χ1v) is 6.81. The van der Waals surface area contributed by atoms with Gasteiger partial charge in [-0.15, -0.1) is 0 Å². The lowest BCUT2D eigenvalue weighted by Gasteiger charge is -2.10. The van der Waals surface area contributed by atoms with Gasteiger partial charge in [-0.3, -0.25) is 4.79 Å². The Bertz CT molecular complexity index is 887. The number of benzene rings is 2. The summed E-state index contributed by atoms with van der Waals surface area (Å²) in [6.07, 6.45) is 0. The molecule has 1 heterocycles. The van der Waals surface area contributed by atoms with E-state index in [0.29, 0.717) is 21.7 Å². The summed E-state index contributed by atoms with van der Waals surface area (Å²) in [5, 5.41) is 1.19. The van der Waals surface area contributed by atoms with Gasteiger partial charge in [-0.25, -0.2) is 4.98 Å². The van der Waals surface area contributed by atoms with E-state index in [1.807, 2.05) is 24.3 Å². The van der Waals surface area contributed by atoms with Crippen LogP contribution >= 0.6 is 11.6 Å². The molecule has 0 amide bonds. The fourth-order valence-corrected chi connectivity index (χ4v) is 2.50. The Kier molecular flexibility index (Phi) is 3.39. The van der Waals surface area contributed by atoms with E-state index in [0.717, 1.165) is 16.9 Å². The minimum Gasteiger partial charge on any atom is -0.496 e. The monoisotopic (exact) mass is 300 g/mol. The highest BCUT2D eigenvalue weighted by Crippen LogP contribution is 2.33. The molecule has 2 aromatic carbocycles. The van der Waals surface area contributed by atoms with Gasteiger partial charge in [0.25, 0.3) is 5.56 Å². The number of nitrogens with zero attached hydrogens (tertiary/aromatic N) is 1. The van der Waals surface area contributed by atoms with Crippen LogP contribution in [0.1, 0.15) is 5.82 Å². The highest BCUT2D eigenvalue weighted by atomic mass is 35.5. The first kappa shape index (κ1) is 13.6. The molecule has 0 bridgehead atoms. The van der Waals surface area contributed by atoms with Crippen molar-refractivity contribution in [3.05, 3.63) is 57.6 Å². The zero-order valence-corrected chi connectivity index (χ0v) is 12.4. The average molecular weight is 301 g/mol. The van der Waals surface area contributed by atoms with Crippen LogP contribution in [-0.2, 0) is 0 Å². The molecule has 21 heavy (non-hydrogen) atoms. The van der Waals surface area contributed by atoms with Gasteiger partial charge >= 0.3 is 0 Å². The third-order valence-corrected chi connectivity index (χ3v) is 3.53. The van der Waals surface area contributed by atoms with Crippen molar-refractivity contribution in [3.63, 3.8) is 0 Å². The molecule has 106 valence electrons. The largest absolute Gasteiger partial charge is 0.496 e. The van der Waals surface area contributed by atoms with Crippen LogP contribution in [-0.4, -0.2) is 17.1 Å². The molecule has 0 aliphatic rings. The van der Waals surface area contributed by atoms with Crippen molar-refractivity contribution in [2.45, 2.75) is 6.92 Å². The summed E-state index contributed by atoms with van der Waals surface area (Å²) in [6, 6.07) is 10.9.